The van der Waals surface area contributed by atoms with E-state index in [9.17, 15) is 19.1 Å². The Kier molecular flexibility index (Phi) is 9.04. The van der Waals surface area contributed by atoms with E-state index in [1.54, 1.807) is 0 Å². The molecule has 2 rings (SSSR count). The molecule has 1 heterocycles. The van der Waals surface area contributed by atoms with Crippen LogP contribution in [0.4, 0.5) is 14.9 Å². The van der Waals surface area contributed by atoms with Gasteiger partial charge in [-0.05, 0) is 50.0 Å². The van der Waals surface area contributed by atoms with Crippen molar-refractivity contribution in [2.75, 3.05) is 25.5 Å². The van der Waals surface area contributed by atoms with Crippen molar-refractivity contribution in [1.29, 1.82) is 0 Å². The number of aliphatic carboxylic acids is 1. The maximum Gasteiger partial charge on any atom is 0.451 e. The summed E-state index contributed by atoms with van der Waals surface area (Å²) in [5.74, 6) is -2.30. The van der Waals surface area contributed by atoms with Crippen molar-refractivity contribution in [2.24, 2.45) is 17.6 Å². The molecule has 0 aromatic heterocycles. The normalized spacial score (nSPS) is 18.7. The highest BCUT2D eigenvalue weighted by Gasteiger charge is 2.39. The highest BCUT2D eigenvalue weighted by Crippen LogP contribution is 2.29. The molecule has 2 atom stereocenters. The molecule has 10 heteroatoms. The Balaban J connectivity index is 0.00000163. The molecule has 1 aliphatic rings. The Labute approximate surface area is 151 Å². The minimum atomic E-state index is -1.41. The average molecular weight is 369 g/mol. The lowest BCUT2D eigenvalue weighted by Crippen LogP contribution is -2.33. The molecule has 8 nitrogen and oxygen atoms in total. The number of carbonyl (C=O) groups is 2. The van der Waals surface area contributed by atoms with Crippen LogP contribution in [0.15, 0.2) is 24.3 Å². The van der Waals surface area contributed by atoms with Crippen molar-refractivity contribution in [3.63, 3.8) is 0 Å². The number of nitrogens with zero attached hydrogens (tertiary/aromatic N) is 1. The van der Waals surface area contributed by atoms with Crippen LogP contribution >= 0.6 is 0 Å². The minimum Gasteiger partial charge on any atom is -0.481 e. The van der Waals surface area contributed by atoms with E-state index in [-0.39, 0.29) is 25.3 Å². The first-order valence-corrected chi connectivity index (χ1v) is 8.35. The first-order chi connectivity index (χ1) is 12.4. The number of carbonyl (C=O) groups excluding carboxylic acids is 1. The van der Waals surface area contributed by atoms with Crippen molar-refractivity contribution in [2.45, 2.75) is 19.2 Å². The largest absolute Gasteiger partial charge is 0.481 e. The molecule has 1 fully saturated rings. The zero-order valence-electron chi connectivity index (χ0n) is 14.6. The topological polar surface area (TPSA) is 136 Å². The molecule has 0 aliphatic carbocycles. The maximum absolute atomic E-state index is 12.9. The first kappa shape index (κ1) is 21.9. The molecule has 1 saturated heterocycles. The van der Waals surface area contributed by atoms with Gasteiger partial charge in [-0.15, -0.1) is 0 Å². The minimum absolute atomic E-state index is 0.0920. The summed E-state index contributed by atoms with van der Waals surface area (Å²) < 4.78 is 12.9. The Morgan fingerprint density at radius 2 is 1.88 bits per heavy atom. The number of anilines is 1. The Morgan fingerprint density at radius 1 is 1.27 bits per heavy atom. The number of carboxylic acid groups (broad SMARTS) is 1. The molecule has 1 aliphatic heterocycles. The molecule has 0 saturated carbocycles. The molecule has 26 heavy (non-hydrogen) atoms. The third kappa shape index (κ3) is 6.62. The summed E-state index contributed by atoms with van der Waals surface area (Å²) in [4.78, 5) is 25.0. The van der Waals surface area contributed by atoms with Crippen LogP contribution in [-0.2, 0) is 4.79 Å². The number of halogens is 1. The molecular weight excluding hydrogens is 344 g/mol. The third-order valence-electron chi connectivity index (χ3n) is 4.18. The van der Waals surface area contributed by atoms with Gasteiger partial charge in [-0.3, -0.25) is 4.79 Å². The van der Waals surface area contributed by atoms with Crippen LogP contribution in [0, 0.1) is 17.7 Å². The summed E-state index contributed by atoms with van der Waals surface area (Å²) in [5, 5.41) is 29.7. The van der Waals surface area contributed by atoms with Crippen molar-refractivity contribution < 1.29 is 29.1 Å². The van der Waals surface area contributed by atoms with E-state index < -0.39 is 30.9 Å². The van der Waals surface area contributed by atoms with Gasteiger partial charge in [0.15, 0.2) is 0 Å². The predicted octanol–water partition coefficient (Wildman–Crippen LogP) is 0.818. The van der Waals surface area contributed by atoms with Crippen LogP contribution in [0.3, 0.4) is 0 Å². The molecular formula is C16H25BFN3O5. The van der Waals surface area contributed by atoms with E-state index >= 15 is 0 Å². The summed E-state index contributed by atoms with van der Waals surface area (Å²) in [6.45, 7) is 0.375. The zero-order valence-corrected chi connectivity index (χ0v) is 14.6. The van der Waals surface area contributed by atoms with E-state index in [1.165, 1.54) is 36.2 Å². The first-order valence-electron chi connectivity index (χ1n) is 8.35. The predicted molar refractivity (Wildman–Crippen MR) is 96.0 cm³/mol. The number of nitrogens with one attached hydrogen (secondary N) is 1. The number of rotatable bonds is 6. The van der Waals surface area contributed by atoms with Gasteiger partial charge in [0.2, 0.25) is 0 Å². The molecule has 0 radical (unpaired) electrons. The Hall–Kier alpha value is -2.17. The lowest BCUT2D eigenvalue weighted by atomic mass is 9.80. The number of nitrogens with two attached hydrogens (primary N) is 1. The summed E-state index contributed by atoms with van der Waals surface area (Å²) >= 11 is 0. The van der Waals surface area contributed by atoms with Crippen LogP contribution in [0.5, 0.6) is 0 Å². The molecule has 6 N–H and O–H groups in total. The number of amides is 2. The van der Waals surface area contributed by atoms with Crippen LogP contribution in [0.2, 0.25) is 6.32 Å². The molecule has 0 bridgehead atoms. The lowest BCUT2D eigenvalue weighted by molar-refractivity contribution is -0.142. The van der Waals surface area contributed by atoms with E-state index in [0.29, 0.717) is 18.5 Å². The molecule has 2 unspecified atom stereocenters. The van der Waals surface area contributed by atoms with Gasteiger partial charge in [0.25, 0.3) is 0 Å². The zero-order chi connectivity index (χ0) is 19.7. The standard InChI is InChI=1S/C15H20BFN2O5.CH5N/c17-11-3-5-12(6-4-11)18-15(22)19-8-10(2-1-7-16(23)24)13(9-19)14(20)21;1-2/h3-6,10,13,23-24H,1-2,7-9H2,(H,18,22)(H,20,21);2H2,1H3. The third-order valence-corrected chi connectivity index (χ3v) is 4.18. The number of carboxylic acids is 1. The van der Waals surface area contributed by atoms with Crippen molar-refractivity contribution in [1.82, 2.24) is 4.90 Å². The SMILES string of the molecule is CN.O=C(O)C1CN(C(=O)Nc2ccc(F)cc2)CC1CCCB(O)O. The monoisotopic (exact) mass is 369 g/mol. The van der Waals surface area contributed by atoms with Crippen molar-refractivity contribution in [3.05, 3.63) is 30.1 Å². The van der Waals surface area contributed by atoms with Crippen molar-refractivity contribution in [3.8, 4) is 0 Å². The van der Waals surface area contributed by atoms with Crippen LogP contribution in [0.1, 0.15) is 12.8 Å². The molecule has 0 spiro atoms. The quantitative estimate of drug-likeness (QED) is 0.471. The average Bonchev–Trinajstić information content (AvgIpc) is 3.03. The lowest BCUT2D eigenvalue weighted by Gasteiger charge is -2.17. The molecule has 2 amide bonds. The van der Waals surface area contributed by atoms with E-state index in [4.69, 9.17) is 10.0 Å². The van der Waals surface area contributed by atoms with E-state index in [2.05, 4.69) is 11.1 Å². The smallest absolute Gasteiger partial charge is 0.451 e. The summed E-state index contributed by atoms with van der Waals surface area (Å²) in [6, 6.07) is 4.87. The van der Waals surface area contributed by atoms with Crippen LogP contribution in [-0.4, -0.2) is 59.3 Å². The summed E-state index contributed by atoms with van der Waals surface area (Å²) in [5.41, 5.74) is 4.93. The Bertz CT molecular complexity index is 588. The summed E-state index contributed by atoms with van der Waals surface area (Å²) in [6.07, 6.45) is 1.14. The van der Waals surface area contributed by atoms with Gasteiger partial charge in [-0.2, -0.15) is 0 Å². The van der Waals surface area contributed by atoms with Gasteiger partial charge in [0.1, 0.15) is 5.82 Å². The van der Waals surface area contributed by atoms with E-state index in [0.717, 1.165) is 0 Å². The second-order valence-corrected chi connectivity index (χ2v) is 5.96. The Morgan fingerprint density at radius 3 is 2.42 bits per heavy atom. The second-order valence-electron chi connectivity index (χ2n) is 5.96. The highest BCUT2D eigenvalue weighted by atomic mass is 19.1. The molecule has 1 aromatic carbocycles. The number of hydrogen-bond acceptors (Lipinski definition) is 5. The maximum atomic E-state index is 12.9. The van der Waals surface area contributed by atoms with Crippen LogP contribution < -0.4 is 11.1 Å². The molecule has 1 aromatic rings. The number of urea groups is 1. The van der Waals surface area contributed by atoms with E-state index in [1.807, 2.05) is 0 Å². The highest BCUT2D eigenvalue weighted by molar-refractivity contribution is 6.40. The van der Waals surface area contributed by atoms with Gasteiger partial charge in [0.05, 0.1) is 5.92 Å². The van der Waals surface area contributed by atoms with Crippen LogP contribution in [0.25, 0.3) is 0 Å². The fourth-order valence-corrected chi connectivity index (χ4v) is 2.91. The van der Waals surface area contributed by atoms with Gasteiger partial charge in [-0.25, -0.2) is 9.18 Å². The fraction of sp³-hybridized carbons (Fsp3) is 0.500. The van der Waals surface area contributed by atoms with Gasteiger partial charge < -0.3 is 31.1 Å². The summed E-state index contributed by atoms with van der Waals surface area (Å²) in [7, 11) is 0.0903. The van der Waals surface area contributed by atoms with Crippen molar-refractivity contribution >= 4 is 24.8 Å². The number of likely N-dealkylation sites (tertiary alicyclic amines) is 1. The molecule has 144 valence electrons. The van der Waals surface area contributed by atoms with Gasteiger partial charge in [0, 0.05) is 18.8 Å². The number of benzene rings is 1. The van der Waals surface area contributed by atoms with Gasteiger partial charge in [-0.1, -0.05) is 6.42 Å². The van der Waals surface area contributed by atoms with Gasteiger partial charge >= 0.3 is 19.1 Å². The fourth-order valence-electron chi connectivity index (χ4n) is 2.91. The second kappa shape index (κ2) is 10.7. The number of hydrogen-bond donors (Lipinski definition) is 5.